The summed E-state index contributed by atoms with van der Waals surface area (Å²) in [4.78, 5) is 207. The van der Waals surface area contributed by atoms with Crippen LogP contribution < -0.4 is 92.1 Å². The highest BCUT2D eigenvalue weighted by atomic mass is 32.2. The van der Waals surface area contributed by atoms with E-state index in [4.69, 9.17) is 28.3 Å². The van der Waals surface area contributed by atoms with E-state index < -0.39 is 192 Å². The van der Waals surface area contributed by atoms with Crippen LogP contribution >= 0.6 is 11.8 Å². The fourth-order valence-electron chi connectivity index (χ4n) is 13.0. The molecule has 3 heterocycles. The molecule has 0 spiro atoms. The van der Waals surface area contributed by atoms with E-state index in [1.807, 2.05) is 43.3 Å². The summed E-state index contributed by atoms with van der Waals surface area (Å²) in [5.74, 6) is -15.8. The van der Waals surface area contributed by atoms with Crippen LogP contribution in [0.3, 0.4) is 0 Å². The number of guanidine groups is 1. The van der Waals surface area contributed by atoms with E-state index in [1.165, 1.54) is 0 Å². The molecule has 14 amide bonds. The van der Waals surface area contributed by atoms with Gasteiger partial charge in [0, 0.05) is 65.8 Å². The fraction of sp³-hybridized carbons (Fsp3) is 0.474. The van der Waals surface area contributed by atoms with E-state index in [1.54, 1.807) is 94.7 Å². The number of amides is 14. The second-order valence-corrected chi connectivity index (χ2v) is 29.7. The van der Waals surface area contributed by atoms with Crippen LogP contribution in [0.2, 0.25) is 0 Å². The number of unbranched alkanes of at least 4 members (excludes halogenated alkanes) is 2. The van der Waals surface area contributed by atoms with Gasteiger partial charge in [-0.1, -0.05) is 133 Å². The molecule has 1 aliphatic heterocycles. The van der Waals surface area contributed by atoms with Gasteiger partial charge in [0.2, 0.25) is 82.7 Å². The fourth-order valence-corrected chi connectivity index (χ4v) is 13.8. The number of rotatable bonds is 24. The van der Waals surface area contributed by atoms with E-state index >= 15 is 14.4 Å². The third-order valence-electron chi connectivity index (χ3n) is 19.6. The molecule has 4 aromatic carbocycles. The van der Waals surface area contributed by atoms with Gasteiger partial charge in [0.1, 0.15) is 66.5 Å². The molecule has 7 rings (SSSR count). The molecular weight excluding hydrogens is 1490 g/mol. The molecule has 0 aliphatic carbocycles. The molecule has 6 aromatic rings. The number of aliphatic hydroxyl groups is 1. The molecule has 2 aromatic heterocycles. The topological polar surface area (TPSA) is 575 Å². The maximum absolute atomic E-state index is 15.1. The lowest BCUT2D eigenvalue weighted by Gasteiger charge is -2.29. The van der Waals surface area contributed by atoms with Crippen molar-refractivity contribution in [3.63, 3.8) is 0 Å². The lowest BCUT2D eigenvalue weighted by molar-refractivity contribution is -0.136. The van der Waals surface area contributed by atoms with Gasteiger partial charge in [0.05, 0.1) is 25.3 Å². The maximum atomic E-state index is 15.1. The molecular formula is C78H108N20O15S. The number of H-pyrrole nitrogens is 2. The minimum atomic E-state index is -1.86. The van der Waals surface area contributed by atoms with E-state index in [0.29, 0.717) is 57.8 Å². The predicted molar refractivity (Wildman–Crippen MR) is 429 cm³/mol. The van der Waals surface area contributed by atoms with Crippen LogP contribution in [0.1, 0.15) is 116 Å². The quantitative estimate of drug-likeness (QED) is 0.0189. The van der Waals surface area contributed by atoms with Crippen molar-refractivity contribution in [2.24, 2.45) is 34.8 Å². The van der Waals surface area contributed by atoms with Gasteiger partial charge in [-0.3, -0.25) is 72.5 Å². The van der Waals surface area contributed by atoms with E-state index in [0.717, 1.165) is 22.5 Å². The van der Waals surface area contributed by atoms with Crippen LogP contribution in [-0.4, -0.2) is 208 Å². The standard InChI is InChI=1S/C78H108N20O15S/c1-6-8-22-54-70(106)90-55(25-15-16-29-79)71(107)92-58(34-48-37-86-52-24-14-12-21-50(48)52)75(111)97-65(42(3)4)76(112)96-61(67(81)103)40-114-41-64(102)89-56(32-44-27-28-45-18-9-10-19-46(45)31-44)74(110)98-66(43(5)7-2)77(113)95-60(39-99)68(104)87-38-63(101)88-53(26-17-30-84-78(82)83)69(105)94-59(35-62(80)100)73(109)93-57(72(108)91-54)33-47-36-85-51-23-13-11-20-49(47)51/h9-14,18-21,23-24,27-28,31,36-37,42-43,53-61,65-66,85-86,99H,6-8,15-17,22,25-26,29-30,32-35,38-41,79H2,1-5H3,(H2,80,100)(H2,81,103)(H,87,104)(H,88,101)(H,89,102)(H,90,106)(H,91,108)(H,92,107)(H,93,109)(H,94,105)(H,95,113)(H,96,112)(H,97,111)(H,98,110)(H4,82,83,84)/t43-,53-,54-,55-,56-,57-,58-,59-,60-,61-,65-,66-/m0/s1. The number of aromatic nitrogens is 2. The molecule has 1 fully saturated rings. The Morgan fingerprint density at radius 1 is 0.518 bits per heavy atom. The summed E-state index contributed by atoms with van der Waals surface area (Å²) in [6, 6.07) is 10.3. The van der Waals surface area contributed by atoms with Crippen molar-refractivity contribution in [2.75, 3.05) is 37.7 Å². The first-order valence-corrected chi connectivity index (χ1v) is 39.4. The number of para-hydroxylation sites is 2. The lowest BCUT2D eigenvalue weighted by Crippen LogP contribution is -2.61. The van der Waals surface area contributed by atoms with Crippen LogP contribution in [0, 0.1) is 17.2 Å². The van der Waals surface area contributed by atoms with E-state index in [9.17, 15) is 57.8 Å². The largest absolute Gasteiger partial charge is 0.394 e. The van der Waals surface area contributed by atoms with Crippen molar-refractivity contribution >= 4 is 133 Å². The first-order valence-electron chi connectivity index (χ1n) is 38.2. The SMILES string of the molecule is CCCC[C@@H]1NC(=O)[C@H](Cc2c[nH]c3ccccc23)NC(=O)[C@H](CC(N)=O)NC(=O)[C@H](CCCNC(=N)N)NC(=O)CNC(=O)[C@H](CO)NC(=O)[C@H]([C@@H](C)CC)NC(=O)[C@H](Cc2ccc3ccccc3c2)NC(=O)CSC[C@@H](C(N)=O)NC(=O)[C@H](C(C)C)NC(=O)[C@H](Cc2c[nH]c3ccccc23)NC(=O)[C@H](CCCCN)NC1=O. The number of hydrogen-bond donors (Lipinski definition) is 21. The number of nitrogens with two attached hydrogens (primary N) is 4. The Hall–Kier alpha value is -11.7. The molecule has 0 bridgehead atoms. The van der Waals surface area contributed by atoms with Gasteiger partial charge in [-0.05, 0) is 96.5 Å². The van der Waals surface area contributed by atoms with Gasteiger partial charge >= 0.3 is 0 Å². The van der Waals surface area contributed by atoms with Gasteiger partial charge in [-0.15, -0.1) is 11.8 Å². The van der Waals surface area contributed by atoms with Crippen molar-refractivity contribution in [2.45, 2.75) is 185 Å². The number of thioether (sulfide) groups is 1. The number of fused-ring (bicyclic) bond motifs is 3. The summed E-state index contributed by atoms with van der Waals surface area (Å²) < 4.78 is 0. The number of carbonyl (C=O) groups is 14. The van der Waals surface area contributed by atoms with Gasteiger partial charge in [-0.25, -0.2) is 0 Å². The summed E-state index contributed by atoms with van der Waals surface area (Å²) in [5.41, 5.74) is 26.1. The Kier molecular flexibility index (Phi) is 35.0. The third-order valence-corrected chi connectivity index (χ3v) is 20.6. The molecule has 25 N–H and O–H groups in total. The van der Waals surface area contributed by atoms with Gasteiger partial charge in [-0.2, -0.15) is 0 Å². The zero-order valence-corrected chi connectivity index (χ0v) is 65.5. The monoisotopic (exact) mass is 1600 g/mol. The smallest absolute Gasteiger partial charge is 0.245 e. The molecule has 1 saturated heterocycles. The third kappa shape index (κ3) is 27.0. The van der Waals surface area contributed by atoms with Crippen LogP contribution in [0.4, 0.5) is 0 Å². The molecule has 0 saturated carbocycles. The zero-order valence-electron chi connectivity index (χ0n) is 64.6. The molecule has 36 heteroatoms. The summed E-state index contributed by atoms with van der Waals surface area (Å²) in [6.45, 7) is 6.70. The molecule has 114 heavy (non-hydrogen) atoms. The molecule has 35 nitrogen and oxygen atoms in total. The average Bonchev–Trinajstić information content (AvgIpc) is 1.62. The highest BCUT2D eigenvalue weighted by Gasteiger charge is 2.38. The summed E-state index contributed by atoms with van der Waals surface area (Å²) in [6.07, 6.45) is 3.34. The number of hydrogen-bond acceptors (Lipinski definition) is 18. The minimum Gasteiger partial charge on any atom is -0.394 e. The van der Waals surface area contributed by atoms with Crippen LogP contribution in [-0.2, 0) is 86.4 Å². The molecule has 12 atom stereocenters. The number of nitrogens with one attached hydrogen (secondary N) is 16. The lowest BCUT2D eigenvalue weighted by atomic mass is 9.96. The van der Waals surface area contributed by atoms with Crippen LogP contribution in [0.15, 0.2) is 103 Å². The Morgan fingerprint density at radius 2 is 1.00 bits per heavy atom. The number of benzene rings is 4. The Balaban J connectivity index is 1.27. The predicted octanol–water partition coefficient (Wildman–Crippen LogP) is -1.34. The minimum absolute atomic E-state index is 0.0113. The summed E-state index contributed by atoms with van der Waals surface area (Å²) in [7, 11) is 0. The first kappa shape index (κ1) is 89.5. The molecule has 1 aliphatic rings. The van der Waals surface area contributed by atoms with Crippen molar-refractivity contribution in [3.05, 3.63) is 120 Å². The molecule has 616 valence electrons. The van der Waals surface area contributed by atoms with Crippen molar-refractivity contribution in [1.82, 2.24) is 79.1 Å². The number of primary amides is 2. The van der Waals surface area contributed by atoms with E-state index in [-0.39, 0.29) is 76.6 Å². The highest BCUT2D eigenvalue weighted by Crippen LogP contribution is 2.24. The summed E-state index contributed by atoms with van der Waals surface area (Å²) >= 11 is 0.868. The van der Waals surface area contributed by atoms with Gasteiger partial charge in [0.25, 0.3) is 0 Å². The number of carbonyl (C=O) groups excluding carboxylic acids is 14. The summed E-state index contributed by atoms with van der Waals surface area (Å²) in [5, 5.41) is 55.3. The van der Waals surface area contributed by atoms with Crippen LogP contribution in [0.5, 0.6) is 0 Å². The van der Waals surface area contributed by atoms with E-state index in [2.05, 4.69) is 79.1 Å². The number of aromatic amines is 2. The van der Waals surface area contributed by atoms with Crippen molar-refractivity contribution < 1.29 is 72.2 Å². The normalized spacial score (nSPS) is 22.9. The first-order chi connectivity index (χ1) is 54.5. The van der Waals surface area contributed by atoms with Crippen molar-refractivity contribution in [1.29, 1.82) is 5.41 Å². The highest BCUT2D eigenvalue weighted by molar-refractivity contribution is 8.00. The van der Waals surface area contributed by atoms with Gasteiger partial charge in [0.15, 0.2) is 5.96 Å². The Labute approximate surface area is 663 Å². The molecule has 0 unspecified atom stereocenters. The van der Waals surface area contributed by atoms with Crippen molar-refractivity contribution in [3.8, 4) is 0 Å². The van der Waals surface area contributed by atoms with Gasteiger partial charge < -0.3 is 107 Å². The average molecular weight is 1600 g/mol. The maximum Gasteiger partial charge on any atom is 0.245 e. The second-order valence-electron chi connectivity index (χ2n) is 28.7. The zero-order chi connectivity index (χ0) is 83.1. The number of aliphatic hydroxyl groups excluding tert-OH is 1. The Bertz CT molecular complexity index is 4400. The Morgan fingerprint density at radius 3 is 1.55 bits per heavy atom. The molecule has 0 radical (unpaired) electrons. The second kappa shape index (κ2) is 44.5. The van der Waals surface area contributed by atoms with Crippen LogP contribution in [0.25, 0.3) is 32.6 Å².